The smallest absolute Gasteiger partial charge is 0.145 e. The Balaban J connectivity index is 0.000000129. The molecule has 0 aliphatic carbocycles. The lowest BCUT2D eigenvalue weighted by Crippen LogP contribution is -2.33. The van der Waals surface area contributed by atoms with Crippen LogP contribution < -0.4 is 28.4 Å². The molecule has 0 saturated carbocycles. The molecule has 6 heterocycles. The average Bonchev–Trinajstić information content (AvgIpc) is 3.97. The van der Waals surface area contributed by atoms with Crippen LogP contribution in [-0.2, 0) is 6.42 Å². The lowest BCUT2D eigenvalue weighted by Gasteiger charge is -2.29. The molecule has 3 atom stereocenters. The summed E-state index contributed by atoms with van der Waals surface area (Å²) in [7, 11) is 0. The third kappa shape index (κ3) is 9.16. The van der Waals surface area contributed by atoms with Gasteiger partial charge >= 0.3 is 0 Å². The number of hydrogen-bond donors (Lipinski definition) is 0. The third-order valence-electron chi connectivity index (χ3n) is 13.7. The van der Waals surface area contributed by atoms with E-state index in [9.17, 15) is 0 Å². The SMILES string of the molecule is Cc1cc(C)c(N2[CH-][n+]3ccccc3C2C)c(C)c1.Cc1cc(C)c(N2[CH-][n+]3ccccc3C2Cc2ccccc2)c(C)c1.Cc1cc(C)c(N2[CH-][n+]3ccccc3C2c2ccccc2)c(C)c1. The van der Waals surface area contributed by atoms with E-state index in [4.69, 9.17) is 0 Å². The molecule has 68 heavy (non-hydrogen) atoms. The van der Waals surface area contributed by atoms with Gasteiger partial charge < -0.3 is 28.4 Å². The maximum atomic E-state index is 2.45. The van der Waals surface area contributed by atoms with Gasteiger partial charge in [0.05, 0.1) is 36.7 Å². The number of benzene rings is 5. The van der Waals surface area contributed by atoms with Crippen LogP contribution in [0.2, 0.25) is 0 Å². The van der Waals surface area contributed by atoms with Crippen molar-refractivity contribution in [3.8, 4) is 0 Å². The summed E-state index contributed by atoms with van der Waals surface area (Å²) in [5.74, 6) is 0. The molecule has 6 heteroatoms. The molecule has 0 amide bonds. The minimum absolute atomic E-state index is 0.201. The Morgan fingerprint density at radius 2 is 0.765 bits per heavy atom. The second-order valence-electron chi connectivity index (χ2n) is 19.1. The predicted octanol–water partition coefficient (Wildman–Crippen LogP) is 12.6. The molecule has 3 aliphatic rings. The van der Waals surface area contributed by atoms with E-state index in [1.54, 1.807) is 0 Å². The van der Waals surface area contributed by atoms with E-state index in [2.05, 4.69) is 288 Å². The van der Waals surface area contributed by atoms with Crippen LogP contribution in [0.25, 0.3) is 0 Å². The monoisotopic (exact) mass is 895 g/mol. The summed E-state index contributed by atoms with van der Waals surface area (Å²) >= 11 is 0. The van der Waals surface area contributed by atoms with Crippen LogP contribution >= 0.6 is 0 Å². The van der Waals surface area contributed by atoms with Gasteiger partial charge in [-0.3, -0.25) is 0 Å². The lowest BCUT2D eigenvalue weighted by atomic mass is 9.99. The first-order chi connectivity index (χ1) is 32.9. The first-order valence-electron chi connectivity index (χ1n) is 24.1. The Morgan fingerprint density at radius 1 is 0.397 bits per heavy atom. The van der Waals surface area contributed by atoms with Crippen molar-refractivity contribution in [2.75, 3.05) is 14.7 Å². The zero-order valence-corrected chi connectivity index (χ0v) is 41.5. The predicted molar refractivity (Wildman–Crippen MR) is 278 cm³/mol. The molecule has 3 unspecified atom stereocenters. The highest BCUT2D eigenvalue weighted by Gasteiger charge is 2.35. The fourth-order valence-electron chi connectivity index (χ4n) is 11.1. The van der Waals surface area contributed by atoms with Crippen LogP contribution in [0.3, 0.4) is 0 Å². The first-order valence-corrected chi connectivity index (χ1v) is 24.1. The number of aryl methyl sites for hydroxylation is 9. The molecule has 6 nitrogen and oxygen atoms in total. The molecule has 3 aliphatic heterocycles. The van der Waals surface area contributed by atoms with Crippen molar-refractivity contribution in [3.63, 3.8) is 0 Å². The highest BCUT2D eigenvalue weighted by Crippen LogP contribution is 2.41. The number of aromatic nitrogens is 3. The van der Waals surface area contributed by atoms with Crippen LogP contribution in [0.15, 0.2) is 170 Å². The van der Waals surface area contributed by atoms with E-state index in [-0.39, 0.29) is 6.04 Å². The van der Waals surface area contributed by atoms with Crippen molar-refractivity contribution in [3.05, 3.63) is 269 Å². The van der Waals surface area contributed by atoms with Gasteiger partial charge in [-0.05, 0) is 120 Å². The average molecular weight is 895 g/mol. The Bertz CT molecular complexity index is 3000. The van der Waals surface area contributed by atoms with E-state index >= 15 is 0 Å². The number of hydrogen-bond acceptors (Lipinski definition) is 3. The Hall–Kier alpha value is -7.44. The molecule has 8 aromatic rings. The Kier molecular flexibility index (Phi) is 13.1. The molecule has 5 aromatic carbocycles. The summed E-state index contributed by atoms with van der Waals surface area (Å²) in [6, 6.07) is 55.3. The fourth-order valence-corrected chi connectivity index (χ4v) is 11.1. The summed E-state index contributed by atoms with van der Waals surface area (Å²) < 4.78 is 6.70. The van der Waals surface area contributed by atoms with Gasteiger partial charge in [-0.2, -0.15) is 0 Å². The molecular weight excluding hydrogens is 829 g/mol. The van der Waals surface area contributed by atoms with Crippen molar-refractivity contribution >= 4 is 17.1 Å². The fraction of sp³-hybridized carbons (Fsp3) is 0.226. The van der Waals surface area contributed by atoms with Gasteiger partial charge in [0.1, 0.15) is 37.1 Å². The zero-order chi connectivity index (χ0) is 47.6. The summed E-state index contributed by atoms with van der Waals surface area (Å²) in [5, 5.41) is 0. The van der Waals surface area contributed by atoms with Crippen molar-refractivity contribution in [1.82, 2.24) is 0 Å². The van der Waals surface area contributed by atoms with Gasteiger partial charge in [0.15, 0.2) is 0 Å². The normalized spacial score (nSPS) is 16.3. The van der Waals surface area contributed by atoms with Crippen LogP contribution in [0, 0.1) is 82.3 Å². The molecular formula is C62H66N6. The molecule has 0 spiro atoms. The van der Waals surface area contributed by atoms with E-state index in [0.717, 1.165) is 6.42 Å². The number of nitrogens with zero attached hydrogens (tertiary/aromatic N) is 6. The van der Waals surface area contributed by atoms with Gasteiger partial charge in [-0.1, -0.05) is 168 Å². The van der Waals surface area contributed by atoms with Crippen molar-refractivity contribution in [2.24, 2.45) is 0 Å². The highest BCUT2D eigenvalue weighted by atomic mass is 15.3. The van der Waals surface area contributed by atoms with Crippen LogP contribution in [0.4, 0.5) is 17.1 Å². The number of rotatable bonds is 6. The molecule has 11 rings (SSSR count). The molecule has 3 aromatic heterocycles. The molecule has 0 N–H and O–H groups in total. The lowest BCUT2D eigenvalue weighted by molar-refractivity contribution is -0.631. The standard InChI is InChI=1S/C23H24N2.C22H22N2.C17H20N2/c1-17-13-18(2)23(19(3)14-17)25-16-24-12-8-7-11-21(24)22(25)15-20-9-5-4-6-10-20;1-16-13-17(2)21(18(3)14-16)24-15-23-12-8-7-11-20(23)22(24)19-9-5-4-6-10-19;1-12-9-13(2)17(14(3)10-12)19-11-18-8-6-5-7-16(18)15(19)4/h4-14,16,22H,15H2,1-3H3;4-15,22H,1-3H3;5-11,15H,1-4H3. The Labute approximate surface area is 406 Å². The summed E-state index contributed by atoms with van der Waals surface area (Å²) in [5.41, 5.74) is 22.6. The first kappa shape index (κ1) is 45.7. The maximum absolute atomic E-state index is 2.45. The molecule has 344 valence electrons. The van der Waals surface area contributed by atoms with Crippen LogP contribution in [0.1, 0.15) is 103 Å². The number of fused-ring (bicyclic) bond motifs is 3. The largest absolute Gasteiger partial charge is 0.346 e. The maximum Gasteiger partial charge on any atom is 0.145 e. The van der Waals surface area contributed by atoms with Gasteiger partial charge in [0, 0.05) is 17.1 Å². The minimum atomic E-state index is 0.201. The van der Waals surface area contributed by atoms with Gasteiger partial charge in [-0.15, -0.1) is 0 Å². The highest BCUT2D eigenvalue weighted by molar-refractivity contribution is 5.65. The second-order valence-corrected chi connectivity index (χ2v) is 19.1. The van der Waals surface area contributed by atoms with Gasteiger partial charge in [-0.25, -0.2) is 0 Å². The van der Waals surface area contributed by atoms with Crippen molar-refractivity contribution in [1.29, 1.82) is 0 Å². The van der Waals surface area contributed by atoms with Crippen LogP contribution in [0.5, 0.6) is 0 Å². The Morgan fingerprint density at radius 3 is 1.26 bits per heavy atom. The van der Waals surface area contributed by atoms with E-state index in [1.807, 2.05) is 0 Å². The summed E-state index contributed by atoms with van der Waals surface area (Å²) in [4.78, 5) is 7.24. The molecule has 0 radical (unpaired) electrons. The minimum Gasteiger partial charge on any atom is -0.346 e. The van der Waals surface area contributed by atoms with Crippen molar-refractivity contribution in [2.45, 2.75) is 93.8 Å². The second kappa shape index (κ2) is 19.4. The van der Waals surface area contributed by atoms with Crippen molar-refractivity contribution < 1.29 is 13.7 Å². The summed E-state index contributed by atoms with van der Waals surface area (Å²) in [6.07, 6.45) is 7.38. The zero-order valence-electron chi connectivity index (χ0n) is 41.5. The molecule has 0 saturated heterocycles. The van der Waals surface area contributed by atoms with Crippen LogP contribution in [-0.4, -0.2) is 0 Å². The topological polar surface area (TPSA) is 21.4 Å². The quantitative estimate of drug-likeness (QED) is 0.123. The molecule has 0 fully saturated rings. The van der Waals surface area contributed by atoms with E-state index in [1.165, 1.54) is 95.3 Å². The molecule has 0 bridgehead atoms. The van der Waals surface area contributed by atoms with Gasteiger partial charge in [0.2, 0.25) is 0 Å². The van der Waals surface area contributed by atoms with E-state index in [0.29, 0.717) is 12.1 Å². The number of anilines is 3. The van der Waals surface area contributed by atoms with Gasteiger partial charge in [0.25, 0.3) is 0 Å². The van der Waals surface area contributed by atoms with E-state index < -0.39 is 0 Å². The third-order valence-corrected chi connectivity index (χ3v) is 13.7. The summed E-state index contributed by atoms with van der Waals surface area (Å²) in [6.45, 7) is 28.7. The number of pyridine rings is 3.